The number of likely N-dealkylation sites (tertiary alicyclic amines) is 1. The second kappa shape index (κ2) is 6.02. The smallest absolute Gasteiger partial charge is 0.275 e. The summed E-state index contributed by atoms with van der Waals surface area (Å²) in [5, 5.41) is 11.4. The van der Waals surface area contributed by atoms with Gasteiger partial charge in [-0.15, -0.1) is 0 Å². The standard InChI is InChI=1S/C15H22BrN3O2/c1-15(2,3)18-8-4-5-12(17)14(18)11-7-6-10(16)9-13(11)19(20)21/h6-7,9,12,14H,4-5,8,17H2,1-3H3. The summed E-state index contributed by atoms with van der Waals surface area (Å²) >= 11 is 3.31. The molecule has 1 fully saturated rings. The molecule has 1 saturated heterocycles. The molecule has 6 heteroatoms. The van der Waals surface area contributed by atoms with Crippen molar-refractivity contribution in [3.8, 4) is 0 Å². The maximum Gasteiger partial charge on any atom is 0.275 e. The van der Waals surface area contributed by atoms with Gasteiger partial charge in [-0.2, -0.15) is 0 Å². The van der Waals surface area contributed by atoms with E-state index in [4.69, 9.17) is 5.73 Å². The number of nitrogens with two attached hydrogens (primary N) is 1. The van der Waals surface area contributed by atoms with Crippen LogP contribution in [0.25, 0.3) is 0 Å². The third-order valence-electron chi connectivity index (χ3n) is 4.05. The molecular formula is C15H22BrN3O2. The number of piperidine rings is 1. The van der Waals surface area contributed by atoms with Crippen molar-refractivity contribution >= 4 is 21.6 Å². The molecule has 2 rings (SSSR count). The van der Waals surface area contributed by atoms with Crippen molar-refractivity contribution in [2.45, 2.75) is 51.2 Å². The van der Waals surface area contributed by atoms with Gasteiger partial charge in [-0.1, -0.05) is 15.9 Å². The van der Waals surface area contributed by atoms with Crippen LogP contribution in [0.3, 0.4) is 0 Å². The van der Waals surface area contributed by atoms with E-state index in [0.717, 1.165) is 19.4 Å². The molecule has 1 aromatic rings. The van der Waals surface area contributed by atoms with Gasteiger partial charge in [0.25, 0.3) is 5.69 Å². The minimum atomic E-state index is -0.317. The van der Waals surface area contributed by atoms with Gasteiger partial charge in [0.1, 0.15) is 0 Å². The van der Waals surface area contributed by atoms with E-state index < -0.39 is 0 Å². The molecule has 0 aromatic heterocycles. The molecule has 2 atom stereocenters. The maximum absolute atomic E-state index is 11.4. The van der Waals surface area contributed by atoms with Gasteiger partial charge >= 0.3 is 0 Å². The molecule has 0 saturated carbocycles. The van der Waals surface area contributed by atoms with Gasteiger partial charge in [0.05, 0.1) is 11.0 Å². The highest BCUT2D eigenvalue weighted by Crippen LogP contribution is 2.40. The average Bonchev–Trinajstić information content (AvgIpc) is 2.37. The fraction of sp³-hybridized carbons (Fsp3) is 0.600. The van der Waals surface area contributed by atoms with Crippen molar-refractivity contribution in [1.29, 1.82) is 0 Å². The summed E-state index contributed by atoms with van der Waals surface area (Å²) in [5.41, 5.74) is 7.10. The summed E-state index contributed by atoms with van der Waals surface area (Å²) in [4.78, 5) is 13.4. The van der Waals surface area contributed by atoms with E-state index in [-0.39, 0.29) is 28.2 Å². The third kappa shape index (κ3) is 3.44. The topological polar surface area (TPSA) is 72.4 Å². The van der Waals surface area contributed by atoms with E-state index in [1.54, 1.807) is 6.07 Å². The largest absolute Gasteiger partial charge is 0.326 e. The van der Waals surface area contributed by atoms with E-state index in [1.165, 1.54) is 0 Å². The van der Waals surface area contributed by atoms with Crippen LogP contribution >= 0.6 is 15.9 Å². The van der Waals surface area contributed by atoms with Gasteiger partial charge < -0.3 is 5.73 Å². The van der Waals surface area contributed by atoms with E-state index in [1.807, 2.05) is 12.1 Å². The van der Waals surface area contributed by atoms with Crippen molar-refractivity contribution in [3.05, 3.63) is 38.3 Å². The zero-order chi connectivity index (χ0) is 15.8. The summed E-state index contributed by atoms with van der Waals surface area (Å²) in [6, 6.07) is 5.05. The molecule has 2 N–H and O–H groups in total. The zero-order valence-corrected chi connectivity index (χ0v) is 14.3. The summed E-state index contributed by atoms with van der Waals surface area (Å²) < 4.78 is 0.713. The molecule has 1 aromatic carbocycles. The molecule has 5 nitrogen and oxygen atoms in total. The number of nitrogens with zero attached hydrogens (tertiary/aromatic N) is 2. The van der Waals surface area contributed by atoms with Gasteiger partial charge in [0.2, 0.25) is 0 Å². The van der Waals surface area contributed by atoms with Crippen LogP contribution in [-0.2, 0) is 0 Å². The molecular weight excluding hydrogens is 334 g/mol. The quantitative estimate of drug-likeness (QED) is 0.649. The molecule has 21 heavy (non-hydrogen) atoms. The normalized spacial score (nSPS) is 24.0. The molecule has 0 radical (unpaired) electrons. The van der Waals surface area contributed by atoms with Gasteiger partial charge in [0, 0.05) is 27.7 Å². The highest BCUT2D eigenvalue weighted by Gasteiger charge is 2.39. The lowest BCUT2D eigenvalue weighted by Gasteiger charge is -2.47. The molecule has 0 amide bonds. The predicted molar refractivity (Wildman–Crippen MR) is 87.2 cm³/mol. The third-order valence-corrected chi connectivity index (χ3v) is 4.54. The first-order valence-electron chi connectivity index (χ1n) is 7.18. The van der Waals surface area contributed by atoms with Gasteiger partial charge in [-0.3, -0.25) is 15.0 Å². The van der Waals surface area contributed by atoms with Crippen LogP contribution < -0.4 is 5.73 Å². The van der Waals surface area contributed by atoms with E-state index in [9.17, 15) is 10.1 Å². The monoisotopic (exact) mass is 355 g/mol. The Morgan fingerprint density at radius 2 is 2.10 bits per heavy atom. The minimum absolute atomic E-state index is 0.0797. The lowest BCUT2D eigenvalue weighted by molar-refractivity contribution is -0.386. The molecule has 2 unspecified atom stereocenters. The Bertz CT molecular complexity index is 542. The predicted octanol–water partition coefficient (Wildman–Crippen LogP) is 3.62. The van der Waals surface area contributed by atoms with Gasteiger partial charge in [0.15, 0.2) is 0 Å². The Morgan fingerprint density at radius 1 is 1.43 bits per heavy atom. The summed E-state index contributed by atoms with van der Waals surface area (Å²) in [6.45, 7) is 7.29. The van der Waals surface area contributed by atoms with Crippen LogP contribution in [0.5, 0.6) is 0 Å². The number of benzene rings is 1. The highest BCUT2D eigenvalue weighted by atomic mass is 79.9. The van der Waals surface area contributed by atoms with Crippen molar-refractivity contribution in [1.82, 2.24) is 4.90 Å². The number of nitro benzene ring substituents is 1. The lowest BCUT2D eigenvalue weighted by atomic mass is 9.86. The number of halogens is 1. The first-order chi connectivity index (χ1) is 9.71. The van der Waals surface area contributed by atoms with Crippen LogP contribution in [0.2, 0.25) is 0 Å². The van der Waals surface area contributed by atoms with Crippen LogP contribution in [-0.4, -0.2) is 27.9 Å². The minimum Gasteiger partial charge on any atom is -0.326 e. The molecule has 1 aliphatic heterocycles. The van der Waals surface area contributed by atoms with Crippen molar-refractivity contribution in [2.24, 2.45) is 5.73 Å². The van der Waals surface area contributed by atoms with Crippen molar-refractivity contribution in [3.63, 3.8) is 0 Å². The summed E-state index contributed by atoms with van der Waals surface area (Å²) in [7, 11) is 0. The Balaban J connectivity index is 2.53. The van der Waals surface area contributed by atoms with Crippen molar-refractivity contribution < 1.29 is 4.92 Å². The summed E-state index contributed by atoms with van der Waals surface area (Å²) in [6.07, 6.45) is 1.92. The van der Waals surface area contributed by atoms with Gasteiger partial charge in [-0.05, 0) is 52.3 Å². The SMILES string of the molecule is CC(C)(C)N1CCCC(N)C1c1ccc(Br)cc1[N+](=O)[O-]. The van der Waals surface area contributed by atoms with Crippen LogP contribution in [0.4, 0.5) is 5.69 Å². The second-order valence-electron chi connectivity index (χ2n) is 6.58. The van der Waals surface area contributed by atoms with Gasteiger partial charge in [-0.25, -0.2) is 0 Å². The fourth-order valence-electron chi connectivity index (χ4n) is 3.10. The lowest BCUT2D eigenvalue weighted by Crippen LogP contribution is -2.53. The van der Waals surface area contributed by atoms with Crippen LogP contribution in [0, 0.1) is 10.1 Å². The Morgan fingerprint density at radius 3 is 2.67 bits per heavy atom. The zero-order valence-electron chi connectivity index (χ0n) is 12.7. The second-order valence-corrected chi connectivity index (χ2v) is 7.49. The molecule has 1 heterocycles. The first-order valence-corrected chi connectivity index (χ1v) is 7.97. The molecule has 116 valence electrons. The number of hydrogen-bond donors (Lipinski definition) is 1. The molecule has 0 aliphatic carbocycles. The van der Waals surface area contributed by atoms with Crippen LogP contribution in [0.15, 0.2) is 22.7 Å². The Labute approximate surface area is 133 Å². The van der Waals surface area contributed by atoms with E-state index in [2.05, 4.69) is 41.6 Å². The first kappa shape index (κ1) is 16.4. The van der Waals surface area contributed by atoms with Crippen molar-refractivity contribution in [2.75, 3.05) is 6.54 Å². The number of rotatable bonds is 2. The number of hydrogen-bond acceptors (Lipinski definition) is 4. The van der Waals surface area contributed by atoms with E-state index >= 15 is 0 Å². The maximum atomic E-state index is 11.4. The average molecular weight is 356 g/mol. The fourth-order valence-corrected chi connectivity index (χ4v) is 3.45. The number of nitro groups is 1. The Kier molecular flexibility index (Phi) is 4.70. The van der Waals surface area contributed by atoms with Crippen LogP contribution in [0.1, 0.15) is 45.2 Å². The Hall–Kier alpha value is -0.980. The molecule has 0 spiro atoms. The molecule has 1 aliphatic rings. The molecule has 0 bridgehead atoms. The summed E-state index contributed by atoms with van der Waals surface area (Å²) in [5.74, 6) is 0. The van der Waals surface area contributed by atoms with E-state index in [0.29, 0.717) is 10.0 Å². The highest BCUT2D eigenvalue weighted by molar-refractivity contribution is 9.10.